The second kappa shape index (κ2) is 7.53. The molecule has 1 aliphatic heterocycles. The summed E-state index contributed by atoms with van der Waals surface area (Å²) >= 11 is 5.97. The van der Waals surface area contributed by atoms with Crippen LogP contribution in [0.25, 0.3) is 11.0 Å². The molecular weight excluding hydrogens is 446 g/mol. The van der Waals surface area contributed by atoms with Gasteiger partial charge in [0.05, 0.1) is 26.9 Å². The van der Waals surface area contributed by atoms with E-state index in [2.05, 4.69) is 4.98 Å². The molecule has 1 atom stereocenters. The third kappa shape index (κ3) is 3.27. The Hall–Kier alpha value is -4.04. The normalized spacial score (nSPS) is 15.2. The van der Waals surface area contributed by atoms with Crippen LogP contribution in [0.15, 0.2) is 63.9 Å². The number of halogens is 1. The number of benzene rings is 2. The van der Waals surface area contributed by atoms with Crippen molar-refractivity contribution < 1.29 is 14.1 Å². The first-order valence-electron chi connectivity index (χ1n) is 10.0. The van der Waals surface area contributed by atoms with Crippen LogP contribution in [0, 0.1) is 24.0 Å². The molecule has 0 saturated carbocycles. The average Bonchev–Trinajstić information content (AvgIpc) is 3.08. The number of pyridine rings is 1. The third-order valence-corrected chi connectivity index (χ3v) is 6.09. The lowest BCUT2D eigenvalue weighted by atomic mass is 9.97. The van der Waals surface area contributed by atoms with Crippen molar-refractivity contribution in [3.8, 4) is 0 Å². The van der Waals surface area contributed by atoms with Gasteiger partial charge in [0.1, 0.15) is 11.4 Å². The highest BCUT2D eigenvalue weighted by Gasteiger charge is 2.44. The molecule has 9 heteroatoms. The molecule has 0 fully saturated rings. The van der Waals surface area contributed by atoms with Crippen LogP contribution in [0.4, 0.5) is 11.5 Å². The van der Waals surface area contributed by atoms with E-state index in [9.17, 15) is 19.7 Å². The van der Waals surface area contributed by atoms with Gasteiger partial charge in [-0.1, -0.05) is 11.6 Å². The zero-order valence-electron chi connectivity index (χ0n) is 17.5. The van der Waals surface area contributed by atoms with Gasteiger partial charge in [-0.05, 0) is 66.9 Å². The maximum Gasteiger partial charge on any atom is 0.296 e. The number of fused-ring (bicyclic) bond motifs is 2. The number of carbonyl (C=O) groups excluding carboxylic acids is 1. The summed E-state index contributed by atoms with van der Waals surface area (Å²) in [4.78, 5) is 43.4. The highest BCUT2D eigenvalue weighted by atomic mass is 35.5. The summed E-state index contributed by atoms with van der Waals surface area (Å²) in [5, 5.41) is 11.9. The zero-order chi connectivity index (χ0) is 23.4. The van der Waals surface area contributed by atoms with E-state index in [1.165, 1.54) is 35.4 Å². The number of nitro benzene ring substituents is 1. The standard InChI is InChI=1S/C24H16ClN3O5/c1-12-9-17-18(10-13(12)2)33-23-20(22(17)29)21(14-3-6-16(7-4-14)28(31)32)27(24(23)30)19-8-5-15(25)11-26-19/h3-11,21H,1-2H3. The molecule has 3 heterocycles. The Morgan fingerprint density at radius 3 is 2.39 bits per heavy atom. The number of rotatable bonds is 3. The Labute approximate surface area is 192 Å². The van der Waals surface area contributed by atoms with E-state index >= 15 is 0 Å². The average molecular weight is 462 g/mol. The lowest BCUT2D eigenvalue weighted by Crippen LogP contribution is -2.30. The van der Waals surface area contributed by atoms with Crippen molar-refractivity contribution in [2.45, 2.75) is 19.9 Å². The van der Waals surface area contributed by atoms with Crippen molar-refractivity contribution in [2.75, 3.05) is 4.90 Å². The summed E-state index contributed by atoms with van der Waals surface area (Å²) in [6, 6.07) is 11.5. The molecule has 0 radical (unpaired) electrons. The minimum absolute atomic E-state index is 0.0733. The van der Waals surface area contributed by atoms with Crippen LogP contribution >= 0.6 is 11.6 Å². The van der Waals surface area contributed by atoms with E-state index in [-0.39, 0.29) is 28.3 Å². The topological polar surface area (TPSA) is 107 Å². The molecule has 2 aromatic heterocycles. The summed E-state index contributed by atoms with van der Waals surface area (Å²) in [5.41, 5.74) is 2.42. The largest absolute Gasteiger partial charge is 0.450 e. The number of aryl methyl sites for hydroxylation is 2. The monoisotopic (exact) mass is 461 g/mol. The van der Waals surface area contributed by atoms with E-state index < -0.39 is 16.9 Å². The summed E-state index contributed by atoms with van der Waals surface area (Å²) in [6.07, 6.45) is 1.40. The SMILES string of the molecule is Cc1cc2oc3c(c(=O)c2cc1C)C(c1ccc([N+](=O)[O-])cc1)N(c1ccc(Cl)cn1)C3=O. The Bertz CT molecular complexity index is 1510. The third-order valence-electron chi connectivity index (χ3n) is 5.86. The van der Waals surface area contributed by atoms with Gasteiger partial charge in [0.15, 0.2) is 5.43 Å². The molecule has 33 heavy (non-hydrogen) atoms. The molecule has 164 valence electrons. The van der Waals surface area contributed by atoms with Gasteiger partial charge in [-0.15, -0.1) is 0 Å². The number of hydrogen-bond donors (Lipinski definition) is 0. The van der Waals surface area contributed by atoms with Crippen LogP contribution in [0.2, 0.25) is 5.02 Å². The molecule has 8 nitrogen and oxygen atoms in total. The maximum absolute atomic E-state index is 13.6. The summed E-state index contributed by atoms with van der Waals surface area (Å²) < 4.78 is 5.97. The number of hydrogen-bond acceptors (Lipinski definition) is 6. The predicted molar refractivity (Wildman–Crippen MR) is 123 cm³/mol. The first kappa shape index (κ1) is 20.8. The summed E-state index contributed by atoms with van der Waals surface area (Å²) in [5.74, 6) is -0.328. The molecule has 0 bridgehead atoms. The quantitative estimate of drug-likeness (QED) is 0.310. The molecule has 0 spiro atoms. The fraction of sp³-hybridized carbons (Fsp3) is 0.125. The molecule has 1 unspecified atom stereocenters. The summed E-state index contributed by atoms with van der Waals surface area (Å²) in [7, 11) is 0. The van der Waals surface area contributed by atoms with Crippen LogP contribution in [0.5, 0.6) is 0 Å². The lowest BCUT2D eigenvalue weighted by Gasteiger charge is -2.24. The van der Waals surface area contributed by atoms with Gasteiger partial charge >= 0.3 is 0 Å². The van der Waals surface area contributed by atoms with E-state index in [0.717, 1.165) is 11.1 Å². The van der Waals surface area contributed by atoms with Crippen molar-refractivity contribution in [2.24, 2.45) is 0 Å². The van der Waals surface area contributed by atoms with Crippen molar-refractivity contribution in [1.29, 1.82) is 0 Å². The van der Waals surface area contributed by atoms with Gasteiger partial charge in [-0.25, -0.2) is 4.98 Å². The second-order valence-electron chi connectivity index (χ2n) is 7.87. The van der Waals surface area contributed by atoms with E-state index in [1.54, 1.807) is 24.3 Å². The molecule has 0 saturated heterocycles. The predicted octanol–water partition coefficient (Wildman–Crippen LogP) is 5.12. The number of aromatic nitrogens is 1. The Morgan fingerprint density at radius 2 is 1.76 bits per heavy atom. The molecule has 0 aliphatic carbocycles. The molecule has 1 amide bonds. The second-order valence-corrected chi connectivity index (χ2v) is 8.30. The van der Waals surface area contributed by atoms with Gasteiger partial charge in [0, 0.05) is 18.3 Å². The minimum Gasteiger partial charge on any atom is -0.450 e. The fourth-order valence-corrected chi connectivity index (χ4v) is 4.18. The number of carbonyl (C=O) groups is 1. The van der Waals surface area contributed by atoms with Gasteiger partial charge in [-0.2, -0.15) is 0 Å². The first-order chi connectivity index (χ1) is 15.8. The maximum atomic E-state index is 13.6. The molecule has 2 aromatic carbocycles. The van der Waals surface area contributed by atoms with Crippen molar-refractivity contribution in [3.05, 3.63) is 108 Å². The molecular formula is C24H16ClN3O5. The number of anilines is 1. The van der Waals surface area contributed by atoms with Crippen molar-refractivity contribution in [1.82, 2.24) is 4.98 Å². The Morgan fingerprint density at radius 1 is 1.06 bits per heavy atom. The lowest BCUT2D eigenvalue weighted by molar-refractivity contribution is -0.384. The van der Waals surface area contributed by atoms with E-state index in [4.69, 9.17) is 16.0 Å². The fourth-order valence-electron chi connectivity index (χ4n) is 4.07. The number of nitrogens with zero attached hydrogens (tertiary/aromatic N) is 3. The van der Waals surface area contributed by atoms with Crippen molar-refractivity contribution >= 4 is 40.0 Å². The zero-order valence-corrected chi connectivity index (χ0v) is 18.3. The number of nitro groups is 1. The van der Waals surface area contributed by atoms with Gasteiger partial charge in [0.25, 0.3) is 11.6 Å². The van der Waals surface area contributed by atoms with Crippen LogP contribution < -0.4 is 10.3 Å². The van der Waals surface area contributed by atoms with Crippen LogP contribution in [-0.2, 0) is 0 Å². The van der Waals surface area contributed by atoms with E-state index in [1.807, 2.05) is 13.8 Å². The molecule has 0 N–H and O–H groups in total. The molecule has 1 aliphatic rings. The Balaban J connectivity index is 1.79. The highest BCUT2D eigenvalue weighted by Crippen LogP contribution is 2.41. The smallest absolute Gasteiger partial charge is 0.296 e. The van der Waals surface area contributed by atoms with Crippen LogP contribution in [0.3, 0.4) is 0 Å². The van der Waals surface area contributed by atoms with E-state index in [0.29, 0.717) is 21.6 Å². The van der Waals surface area contributed by atoms with Gasteiger partial charge in [0.2, 0.25) is 5.76 Å². The first-order valence-corrected chi connectivity index (χ1v) is 10.4. The van der Waals surface area contributed by atoms with Crippen molar-refractivity contribution in [3.63, 3.8) is 0 Å². The number of non-ortho nitro benzene ring substituents is 1. The number of amides is 1. The minimum atomic E-state index is -0.871. The van der Waals surface area contributed by atoms with Gasteiger partial charge < -0.3 is 4.42 Å². The Kier molecular flexibility index (Phi) is 4.75. The van der Waals surface area contributed by atoms with Crippen LogP contribution in [0.1, 0.15) is 38.9 Å². The van der Waals surface area contributed by atoms with Gasteiger partial charge in [-0.3, -0.25) is 24.6 Å². The summed E-state index contributed by atoms with van der Waals surface area (Å²) in [6.45, 7) is 3.79. The molecule has 5 rings (SSSR count). The highest BCUT2D eigenvalue weighted by molar-refractivity contribution is 6.30. The molecule has 4 aromatic rings. The van der Waals surface area contributed by atoms with Crippen LogP contribution in [-0.4, -0.2) is 15.8 Å².